The molecule has 0 amide bonds. The van der Waals surface area contributed by atoms with Gasteiger partial charge in [-0.05, 0) is 63.9 Å². The molecule has 146 valence electrons. The van der Waals surface area contributed by atoms with Crippen molar-refractivity contribution in [3.8, 4) is 0 Å². The Kier molecular flexibility index (Phi) is 10.7. The molecule has 25 heavy (non-hydrogen) atoms. The molecule has 0 radical (unpaired) electrons. The van der Waals surface area contributed by atoms with Crippen molar-refractivity contribution in [2.45, 2.75) is 64.1 Å². The van der Waals surface area contributed by atoms with E-state index in [-0.39, 0.29) is 0 Å². The Balaban J connectivity index is 1.67. The fraction of sp³-hybridized carbons (Fsp3) is 0.947. The summed E-state index contributed by atoms with van der Waals surface area (Å²) in [6.07, 6.45) is 11.1. The number of aliphatic imine (C=N–C) groups is 1. The van der Waals surface area contributed by atoms with Crippen molar-refractivity contribution < 1.29 is 9.47 Å². The highest BCUT2D eigenvalue weighted by molar-refractivity contribution is 7.98. The van der Waals surface area contributed by atoms with Crippen LogP contribution in [-0.4, -0.2) is 74.5 Å². The monoisotopic (exact) mass is 371 g/mol. The van der Waals surface area contributed by atoms with E-state index in [1.54, 1.807) is 0 Å². The molecule has 0 aromatic rings. The number of rotatable bonds is 9. The standard InChI is InChI=1S/C19H37N3O2S/c1-3-20-19(21-11-5-7-15-25-2)22-12-9-17(10-13-22)24-16-18-8-4-6-14-23-18/h17-18H,3-16H2,1-2H3,(H,20,21). The van der Waals surface area contributed by atoms with E-state index < -0.39 is 0 Å². The van der Waals surface area contributed by atoms with Crippen molar-refractivity contribution in [3.63, 3.8) is 0 Å². The number of guanidine groups is 1. The van der Waals surface area contributed by atoms with Gasteiger partial charge >= 0.3 is 0 Å². The zero-order chi connectivity index (χ0) is 17.7. The summed E-state index contributed by atoms with van der Waals surface area (Å²) in [6, 6.07) is 0. The van der Waals surface area contributed by atoms with E-state index in [4.69, 9.17) is 14.5 Å². The van der Waals surface area contributed by atoms with Crippen LogP contribution in [0.3, 0.4) is 0 Å². The zero-order valence-electron chi connectivity index (χ0n) is 16.2. The van der Waals surface area contributed by atoms with Crippen LogP contribution >= 0.6 is 11.8 Å². The van der Waals surface area contributed by atoms with Crippen LogP contribution in [0.1, 0.15) is 51.9 Å². The SMILES string of the molecule is CCNC(=NCCCCSC)N1CCC(OCC2CCCCO2)CC1. The Morgan fingerprint density at radius 3 is 2.76 bits per heavy atom. The van der Waals surface area contributed by atoms with Gasteiger partial charge in [-0.15, -0.1) is 0 Å². The van der Waals surface area contributed by atoms with Crippen LogP contribution < -0.4 is 5.32 Å². The van der Waals surface area contributed by atoms with Gasteiger partial charge < -0.3 is 19.7 Å². The summed E-state index contributed by atoms with van der Waals surface area (Å²) in [5.74, 6) is 2.32. The first kappa shape index (κ1) is 20.8. The highest BCUT2D eigenvalue weighted by Gasteiger charge is 2.23. The highest BCUT2D eigenvalue weighted by Crippen LogP contribution is 2.18. The molecule has 1 N–H and O–H groups in total. The van der Waals surface area contributed by atoms with Crippen LogP contribution in [0.25, 0.3) is 0 Å². The predicted octanol–water partition coefficient (Wildman–Crippen LogP) is 3.15. The van der Waals surface area contributed by atoms with Crippen molar-refractivity contribution in [1.29, 1.82) is 0 Å². The maximum atomic E-state index is 6.12. The van der Waals surface area contributed by atoms with Gasteiger partial charge in [-0.3, -0.25) is 4.99 Å². The lowest BCUT2D eigenvalue weighted by atomic mass is 10.1. The largest absolute Gasteiger partial charge is 0.376 e. The fourth-order valence-corrected chi connectivity index (χ4v) is 3.88. The number of thioether (sulfide) groups is 1. The number of likely N-dealkylation sites (tertiary alicyclic amines) is 1. The summed E-state index contributed by atoms with van der Waals surface area (Å²) in [5, 5.41) is 3.45. The third kappa shape index (κ3) is 8.18. The number of nitrogens with zero attached hydrogens (tertiary/aromatic N) is 2. The topological polar surface area (TPSA) is 46.1 Å². The molecule has 1 unspecified atom stereocenters. The molecule has 2 aliphatic rings. The average molecular weight is 372 g/mol. The molecule has 2 aliphatic heterocycles. The second-order valence-electron chi connectivity index (χ2n) is 6.94. The van der Waals surface area contributed by atoms with Gasteiger partial charge in [-0.25, -0.2) is 0 Å². The van der Waals surface area contributed by atoms with Gasteiger partial charge in [0.1, 0.15) is 0 Å². The Bertz CT molecular complexity index is 368. The summed E-state index contributed by atoms with van der Waals surface area (Å²) in [4.78, 5) is 7.21. The van der Waals surface area contributed by atoms with Crippen molar-refractivity contribution in [2.75, 3.05) is 51.4 Å². The van der Waals surface area contributed by atoms with E-state index in [0.717, 1.165) is 64.6 Å². The molecule has 0 spiro atoms. The van der Waals surface area contributed by atoms with Crippen LogP contribution in [0, 0.1) is 0 Å². The minimum absolute atomic E-state index is 0.326. The van der Waals surface area contributed by atoms with Crippen LogP contribution in [0.15, 0.2) is 4.99 Å². The van der Waals surface area contributed by atoms with Gasteiger partial charge in [0.25, 0.3) is 0 Å². The number of unbranched alkanes of at least 4 members (excludes halogenated alkanes) is 1. The molecule has 1 atom stereocenters. The summed E-state index contributed by atoms with van der Waals surface area (Å²) >= 11 is 1.92. The molecular formula is C19H37N3O2S. The van der Waals surface area contributed by atoms with Gasteiger partial charge in [0.2, 0.25) is 0 Å². The molecule has 0 bridgehead atoms. The molecule has 0 aromatic heterocycles. The molecule has 0 saturated carbocycles. The van der Waals surface area contributed by atoms with E-state index in [2.05, 4.69) is 23.4 Å². The second-order valence-corrected chi connectivity index (χ2v) is 7.93. The zero-order valence-corrected chi connectivity index (χ0v) is 17.0. The van der Waals surface area contributed by atoms with Crippen molar-refractivity contribution in [2.24, 2.45) is 4.99 Å². The molecule has 2 rings (SSSR count). The van der Waals surface area contributed by atoms with Gasteiger partial charge in [0, 0.05) is 32.8 Å². The van der Waals surface area contributed by atoms with E-state index in [1.807, 2.05) is 11.8 Å². The second kappa shape index (κ2) is 12.8. The third-order valence-corrected chi connectivity index (χ3v) is 5.58. The number of piperidine rings is 1. The van der Waals surface area contributed by atoms with Gasteiger partial charge in [0.15, 0.2) is 5.96 Å². The van der Waals surface area contributed by atoms with Crippen molar-refractivity contribution in [1.82, 2.24) is 10.2 Å². The van der Waals surface area contributed by atoms with E-state index in [0.29, 0.717) is 12.2 Å². The highest BCUT2D eigenvalue weighted by atomic mass is 32.2. The molecule has 0 aliphatic carbocycles. The number of nitrogens with one attached hydrogen (secondary N) is 1. The Hall–Kier alpha value is -0.460. The summed E-state index contributed by atoms with van der Waals surface area (Å²) in [6.45, 7) is 7.75. The fourth-order valence-electron chi connectivity index (χ4n) is 3.39. The molecule has 2 saturated heterocycles. The van der Waals surface area contributed by atoms with Crippen molar-refractivity contribution >= 4 is 17.7 Å². The molecule has 5 nitrogen and oxygen atoms in total. The van der Waals surface area contributed by atoms with Crippen LogP contribution in [-0.2, 0) is 9.47 Å². The lowest BCUT2D eigenvalue weighted by Crippen LogP contribution is -2.47. The van der Waals surface area contributed by atoms with E-state index in [9.17, 15) is 0 Å². The summed E-state index contributed by atoms with van der Waals surface area (Å²) in [7, 11) is 0. The molecule has 0 aromatic carbocycles. The maximum absolute atomic E-state index is 6.12. The first-order valence-corrected chi connectivity index (χ1v) is 11.5. The van der Waals surface area contributed by atoms with E-state index >= 15 is 0 Å². The first-order chi connectivity index (χ1) is 12.3. The first-order valence-electron chi connectivity index (χ1n) is 10.1. The van der Waals surface area contributed by atoms with Crippen LogP contribution in [0.5, 0.6) is 0 Å². The molecule has 2 fully saturated rings. The Morgan fingerprint density at radius 1 is 1.24 bits per heavy atom. The Morgan fingerprint density at radius 2 is 2.08 bits per heavy atom. The van der Waals surface area contributed by atoms with E-state index in [1.165, 1.54) is 31.4 Å². The normalized spacial score (nSPS) is 23.0. The van der Waals surface area contributed by atoms with Gasteiger partial charge in [0.05, 0.1) is 18.8 Å². The van der Waals surface area contributed by atoms with Gasteiger partial charge in [-0.1, -0.05) is 0 Å². The van der Waals surface area contributed by atoms with Gasteiger partial charge in [-0.2, -0.15) is 11.8 Å². The number of ether oxygens (including phenoxy) is 2. The quantitative estimate of drug-likeness (QED) is 0.383. The lowest BCUT2D eigenvalue weighted by Gasteiger charge is -2.35. The number of hydrogen-bond acceptors (Lipinski definition) is 4. The minimum atomic E-state index is 0.326. The smallest absolute Gasteiger partial charge is 0.193 e. The molecule has 6 heteroatoms. The molecular weight excluding hydrogens is 334 g/mol. The Labute approximate surface area is 158 Å². The average Bonchev–Trinajstić information content (AvgIpc) is 2.67. The van der Waals surface area contributed by atoms with Crippen molar-refractivity contribution in [3.05, 3.63) is 0 Å². The maximum Gasteiger partial charge on any atom is 0.193 e. The van der Waals surface area contributed by atoms with Crippen LogP contribution in [0.4, 0.5) is 0 Å². The minimum Gasteiger partial charge on any atom is -0.376 e. The van der Waals surface area contributed by atoms with Crippen LogP contribution in [0.2, 0.25) is 0 Å². The lowest BCUT2D eigenvalue weighted by molar-refractivity contribution is -0.0721. The summed E-state index contributed by atoms with van der Waals surface area (Å²) < 4.78 is 11.9. The number of hydrogen-bond donors (Lipinski definition) is 1. The molecule has 2 heterocycles. The summed E-state index contributed by atoms with van der Waals surface area (Å²) in [5.41, 5.74) is 0. The third-order valence-electron chi connectivity index (χ3n) is 4.89. The predicted molar refractivity (Wildman–Crippen MR) is 108 cm³/mol.